The van der Waals surface area contributed by atoms with E-state index in [4.69, 9.17) is 9.84 Å². The van der Waals surface area contributed by atoms with Crippen molar-refractivity contribution in [1.29, 1.82) is 0 Å². The Labute approximate surface area is 123 Å². The fourth-order valence-electron chi connectivity index (χ4n) is 2.17. The van der Waals surface area contributed by atoms with Crippen LogP contribution in [0.25, 0.3) is 10.9 Å². The summed E-state index contributed by atoms with van der Waals surface area (Å²) < 4.78 is 7.16. The highest BCUT2D eigenvalue weighted by molar-refractivity contribution is 6.01. The number of hydrogen-bond donors (Lipinski definition) is 3. The summed E-state index contributed by atoms with van der Waals surface area (Å²) in [5.41, 5.74) is 1.82. The maximum atomic E-state index is 11.8. The number of amides is 2. The van der Waals surface area contributed by atoms with Crippen LogP contribution in [-0.2, 0) is 11.3 Å². The lowest BCUT2D eigenvalue weighted by Gasteiger charge is -2.05. The number of benzene rings is 1. The molecule has 1 heterocycles. The molecule has 0 atom stereocenters. The molecule has 0 radical (unpaired) electrons. The fourth-order valence-corrected chi connectivity index (χ4v) is 2.17. The third-order valence-corrected chi connectivity index (χ3v) is 3.19. The molecule has 1 aromatic carbocycles. The molecule has 114 valence electrons. The number of fused-ring (bicyclic) bond motifs is 1. The van der Waals surface area contributed by atoms with Gasteiger partial charge in [-0.25, -0.2) is 4.79 Å². The van der Waals surface area contributed by atoms with Crippen molar-refractivity contribution in [2.45, 2.75) is 13.0 Å². The van der Waals surface area contributed by atoms with E-state index in [0.29, 0.717) is 19.6 Å². The van der Waals surface area contributed by atoms with E-state index in [9.17, 15) is 4.79 Å². The summed E-state index contributed by atoms with van der Waals surface area (Å²) in [4.78, 5) is 11.8. The molecular weight excluding hydrogens is 270 g/mol. The first-order valence-electron chi connectivity index (χ1n) is 6.98. The summed E-state index contributed by atoms with van der Waals surface area (Å²) >= 11 is 0. The largest absolute Gasteiger partial charge is 0.396 e. The number of rotatable bonds is 7. The van der Waals surface area contributed by atoms with E-state index < -0.39 is 0 Å². The number of anilines is 1. The van der Waals surface area contributed by atoms with Crippen molar-refractivity contribution in [2.24, 2.45) is 0 Å². The number of aliphatic hydroxyl groups excluding tert-OH is 1. The van der Waals surface area contributed by atoms with Gasteiger partial charge in [0, 0.05) is 38.4 Å². The van der Waals surface area contributed by atoms with Crippen molar-refractivity contribution < 1.29 is 14.6 Å². The Morgan fingerprint density at radius 3 is 2.95 bits per heavy atom. The number of para-hydroxylation sites is 1. The zero-order valence-corrected chi connectivity index (χ0v) is 12.1. The van der Waals surface area contributed by atoms with E-state index in [2.05, 4.69) is 15.2 Å². The van der Waals surface area contributed by atoms with Crippen LogP contribution < -0.4 is 10.6 Å². The van der Waals surface area contributed by atoms with Crippen LogP contribution in [0.5, 0.6) is 0 Å². The van der Waals surface area contributed by atoms with Gasteiger partial charge in [-0.05, 0) is 12.5 Å². The molecule has 0 aliphatic rings. The molecule has 0 saturated heterocycles. The summed E-state index contributed by atoms with van der Waals surface area (Å²) in [7, 11) is 1.67. The van der Waals surface area contributed by atoms with Crippen LogP contribution in [0.1, 0.15) is 6.42 Å². The number of hydrogen-bond acceptors (Lipinski definition) is 3. The fraction of sp³-hybridized carbons (Fsp3) is 0.400. The van der Waals surface area contributed by atoms with Gasteiger partial charge in [-0.15, -0.1) is 0 Å². The lowest BCUT2D eigenvalue weighted by atomic mass is 10.2. The van der Waals surface area contributed by atoms with Gasteiger partial charge in [-0.2, -0.15) is 0 Å². The summed E-state index contributed by atoms with van der Waals surface area (Å²) in [6.45, 7) is 1.85. The average Bonchev–Trinajstić information content (AvgIpc) is 2.84. The minimum absolute atomic E-state index is 0.0661. The Kier molecular flexibility index (Phi) is 5.59. The van der Waals surface area contributed by atoms with E-state index >= 15 is 0 Å². The van der Waals surface area contributed by atoms with E-state index in [0.717, 1.165) is 23.1 Å². The molecule has 0 spiro atoms. The first-order chi connectivity index (χ1) is 10.3. The van der Waals surface area contributed by atoms with E-state index in [1.165, 1.54) is 0 Å². The lowest BCUT2D eigenvalue weighted by molar-refractivity contribution is 0.188. The monoisotopic (exact) mass is 291 g/mol. The van der Waals surface area contributed by atoms with Gasteiger partial charge in [0.15, 0.2) is 0 Å². The Morgan fingerprint density at radius 2 is 2.19 bits per heavy atom. The van der Waals surface area contributed by atoms with Crippen molar-refractivity contribution in [3.05, 3.63) is 30.5 Å². The van der Waals surface area contributed by atoms with Gasteiger partial charge in [-0.3, -0.25) is 0 Å². The molecule has 6 heteroatoms. The molecule has 1 aromatic heterocycles. The third-order valence-electron chi connectivity index (χ3n) is 3.19. The third kappa shape index (κ3) is 3.96. The maximum Gasteiger partial charge on any atom is 0.319 e. The second kappa shape index (κ2) is 7.66. The molecule has 2 rings (SSSR count). The Bertz CT molecular complexity index is 595. The summed E-state index contributed by atoms with van der Waals surface area (Å²) in [5.74, 6) is 0. The molecule has 0 aliphatic carbocycles. The number of carbonyl (C=O) groups is 1. The molecule has 21 heavy (non-hydrogen) atoms. The second-order valence-electron chi connectivity index (χ2n) is 4.70. The first kappa shape index (κ1) is 15.3. The number of nitrogens with one attached hydrogen (secondary N) is 2. The Balaban J connectivity index is 2.13. The highest BCUT2D eigenvalue weighted by Gasteiger charge is 2.10. The minimum Gasteiger partial charge on any atom is -0.396 e. The van der Waals surface area contributed by atoms with Gasteiger partial charge in [-0.1, -0.05) is 18.2 Å². The minimum atomic E-state index is -0.266. The van der Waals surface area contributed by atoms with E-state index in [1.807, 2.05) is 30.5 Å². The topological polar surface area (TPSA) is 75.5 Å². The highest BCUT2D eigenvalue weighted by atomic mass is 16.5. The number of methoxy groups -OCH3 is 1. The molecule has 0 fully saturated rings. The van der Waals surface area contributed by atoms with Crippen molar-refractivity contribution in [3.63, 3.8) is 0 Å². The molecule has 3 N–H and O–H groups in total. The van der Waals surface area contributed by atoms with Crippen LogP contribution in [0.2, 0.25) is 0 Å². The number of urea groups is 1. The first-order valence-corrected chi connectivity index (χ1v) is 6.98. The Hall–Kier alpha value is -2.05. The quantitative estimate of drug-likeness (QED) is 0.681. The van der Waals surface area contributed by atoms with Gasteiger partial charge < -0.3 is 25.0 Å². The summed E-state index contributed by atoms with van der Waals surface area (Å²) in [5, 5.41) is 15.3. The molecule has 0 bridgehead atoms. The standard InChI is InChI=1S/C15H21N3O3/c1-21-10-8-18-11-13(12-5-2-3-6-14(12)18)17-15(20)16-7-4-9-19/h2-3,5-6,11,19H,4,7-10H2,1H3,(H2,16,17,20). The highest BCUT2D eigenvalue weighted by Crippen LogP contribution is 2.25. The lowest BCUT2D eigenvalue weighted by Crippen LogP contribution is -2.29. The average molecular weight is 291 g/mol. The van der Waals surface area contributed by atoms with Crippen LogP contribution >= 0.6 is 0 Å². The number of nitrogens with zero attached hydrogens (tertiary/aromatic N) is 1. The van der Waals surface area contributed by atoms with Gasteiger partial charge in [0.2, 0.25) is 0 Å². The molecule has 0 aliphatic heterocycles. The van der Waals surface area contributed by atoms with Crippen molar-refractivity contribution >= 4 is 22.6 Å². The zero-order valence-electron chi connectivity index (χ0n) is 12.1. The van der Waals surface area contributed by atoms with E-state index in [1.54, 1.807) is 7.11 Å². The molecule has 0 unspecified atom stereocenters. The Morgan fingerprint density at radius 1 is 1.38 bits per heavy atom. The summed E-state index contributed by atoms with van der Waals surface area (Å²) in [6, 6.07) is 7.63. The van der Waals surface area contributed by atoms with Crippen molar-refractivity contribution in [2.75, 3.05) is 32.2 Å². The normalized spacial score (nSPS) is 10.8. The van der Waals surface area contributed by atoms with Crippen LogP contribution in [0.15, 0.2) is 30.5 Å². The van der Waals surface area contributed by atoms with Crippen LogP contribution in [0.3, 0.4) is 0 Å². The predicted octanol–water partition coefficient (Wildman–Crippen LogP) is 1.79. The van der Waals surface area contributed by atoms with Crippen LogP contribution in [0, 0.1) is 0 Å². The number of aromatic nitrogens is 1. The van der Waals surface area contributed by atoms with E-state index in [-0.39, 0.29) is 12.6 Å². The van der Waals surface area contributed by atoms with Crippen LogP contribution in [-0.4, -0.2) is 42.6 Å². The molecule has 6 nitrogen and oxygen atoms in total. The molecule has 0 saturated carbocycles. The van der Waals surface area contributed by atoms with Crippen molar-refractivity contribution in [3.8, 4) is 0 Å². The molecule has 2 amide bonds. The zero-order chi connectivity index (χ0) is 15.1. The van der Waals surface area contributed by atoms with Crippen molar-refractivity contribution in [1.82, 2.24) is 9.88 Å². The molecular formula is C15H21N3O3. The number of aliphatic hydroxyl groups is 1. The number of ether oxygens (including phenoxy) is 1. The van der Waals surface area contributed by atoms with Gasteiger partial charge in [0.1, 0.15) is 0 Å². The van der Waals surface area contributed by atoms with Gasteiger partial charge in [0.25, 0.3) is 0 Å². The summed E-state index contributed by atoms with van der Waals surface area (Å²) in [6.07, 6.45) is 2.46. The predicted molar refractivity (Wildman–Crippen MR) is 82.5 cm³/mol. The smallest absolute Gasteiger partial charge is 0.319 e. The number of carbonyl (C=O) groups excluding carboxylic acids is 1. The molecule has 2 aromatic rings. The van der Waals surface area contributed by atoms with Crippen LogP contribution in [0.4, 0.5) is 10.5 Å². The SMILES string of the molecule is COCCn1cc(NC(=O)NCCCO)c2ccccc21. The second-order valence-corrected chi connectivity index (χ2v) is 4.70. The maximum absolute atomic E-state index is 11.8. The van der Waals surface area contributed by atoms with Gasteiger partial charge in [0.05, 0.1) is 17.8 Å². The van der Waals surface area contributed by atoms with Gasteiger partial charge >= 0.3 is 6.03 Å².